The van der Waals surface area contributed by atoms with Crippen molar-refractivity contribution in [3.63, 3.8) is 0 Å². The third-order valence-electron chi connectivity index (χ3n) is 8.45. The van der Waals surface area contributed by atoms with Crippen molar-refractivity contribution in [2.75, 3.05) is 0 Å². The van der Waals surface area contributed by atoms with Crippen LogP contribution in [0.3, 0.4) is 0 Å². The number of aromatic nitrogens is 2. The number of benzene rings is 4. The largest absolute Gasteiger partial charge is 0.456 e. The van der Waals surface area contributed by atoms with E-state index in [0.717, 1.165) is 60.6 Å². The van der Waals surface area contributed by atoms with Crippen molar-refractivity contribution in [2.24, 2.45) is 0 Å². The lowest BCUT2D eigenvalue weighted by molar-refractivity contribution is 0.574. The smallest absolute Gasteiger partial charge is 0.226 e. The average molecular weight is 553 g/mol. The SMILES string of the molecule is CC(C)c1cc(-c2ncco2)cc2oc3c(C(C)(C)c4cccc5oc6cc(-c7ncco7)ccc6c45)cccc3c12. The van der Waals surface area contributed by atoms with Crippen molar-refractivity contribution >= 4 is 43.9 Å². The third-order valence-corrected chi connectivity index (χ3v) is 8.45. The number of furan rings is 2. The van der Waals surface area contributed by atoms with E-state index >= 15 is 0 Å². The van der Waals surface area contributed by atoms with Crippen LogP contribution in [0.15, 0.2) is 109 Å². The normalized spacial score (nSPS) is 12.5. The zero-order valence-electron chi connectivity index (χ0n) is 23.8. The number of rotatable bonds is 5. The molecule has 0 aliphatic carbocycles. The summed E-state index contributed by atoms with van der Waals surface area (Å²) in [5, 5.41) is 4.40. The predicted octanol–water partition coefficient (Wildman–Crippen LogP) is 10.2. The summed E-state index contributed by atoms with van der Waals surface area (Å²) < 4.78 is 24.3. The highest BCUT2D eigenvalue weighted by Crippen LogP contribution is 2.46. The summed E-state index contributed by atoms with van der Waals surface area (Å²) in [7, 11) is 0. The van der Waals surface area contributed by atoms with Gasteiger partial charge in [-0.2, -0.15) is 0 Å². The van der Waals surface area contributed by atoms with Crippen LogP contribution in [-0.2, 0) is 5.41 Å². The maximum atomic E-state index is 6.75. The van der Waals surface area contributed by atoms with Gasteiger partial charge in [0.2, 0.25) is 11.8 Å². The molecule has 0 fully saturated rings. The molecule has 0 radical (unpaired) electrons. The molecule has 0 saturated heterocycles. The number of nitrogens with zero attached hydrogens (tertiary/aromatic N) is 2. The Morgan fingerprint density at radius 2 is 1.36 bits per heavy atom. The second-order valence-electron chi connectivity index (χ2n) is 11.7. The standard InChI is InChI=1S/C36H28N2O4/c1-20(2)25-17-22(35-38-14-16-40-35)19-30-31(25)24-7-5-9-27(33(24)42-30)36(3,4)26-8-6-10-28-32(26)23-12-11-21(18-29(23)41-28)34-37-13-15-39-34/h5-20H,1-4H3. The van der Waals surface area contributed by atoms with Gasteiger partial charge in [-0.05, 0) is 53.4 Å². The molecule has 0 N–H and O–H groups in total. The summed E-state index contributed by atoms with van der Waals surface area (Å²) in [6.45, 7) is 8.92. The topological polar surface area (TPSA) is 78.3 Å². The van der Waals surface area contributed by atoms with Crippen LogP contribution >= 0.6 is 0 Å². The monoisotopic (exact) mass is 552 g/mol. The molecule has 0 bridgehead atoms. The zero-order chi connectivity index (χ0) is 28.6. The highest BCUT2D eigenvalue weighted by atomic mass is 16.3. The van der Waals surface area contributed by atoms with Gasteiger partial charge in [0.15, 0.2) is 0 Å². The van der Waals surface area contributed by atoms with E-state index in [-0.39, 0.29) is 5.92 Å². The number of para-hydroxylation sites is 1. The average Bonchev–Trinajstić information content (AvgIpc) is 3.81. The maximum Gasteiger partial charge on any atom is 0.226 e. The molecule has 8 rings (SSSR count). The Morgan fingerprint density at radius 3 is 2.10 bits per heavy atom. The van der Waals surface area contributed by atoms with E-state index in [1.807, 2.05) is 24.3 Å². The molecule has 4 heterocycles. The Hall–Kier alpha value is -5.10. The lowest BCUT2D eigenvalue weighted by Crippen LogP contribution is -2.19. The Kier molecular flexibility index (Phi) is 5.26. The summed E-state index contributed by atoms with van der Waals surface area (Å²) in [5.74, 6) is 1.44. The van der Waals surface area contributed by atoms with Crippen molar-refractivity contribution in [3.8, 4) is 22.9 Å². The third kappa shape index (κ3) is 3.58. The van der Waals surface area contributed by atoms with Crippen molar-refractivity contribution in [1.82, 2.24) is 9.97 Å². The van der Waals surface area contributed by atoms with E-state index < -0.39 is 5.41 Å². The first kappa shape index (κ1) is 24.7. The van der Waals surface area contributed by atoms with Gasteiger partial charge < -0.3 is 17.7 Å². The molecule has 0 amide bonds. The van der Waals surface area contributed by atoms with Gasteiger partial charge in [-0.3, -0.25) is 0 Å². The number of hydrogen-bond donors (Lipinski definition) is 0. The Bertz CT molecular complexity index is 2250. The fourth-order valence-corrected chi connectivity index (χ4v) is 6.39. The molecule has 0 unspecified atom stereocenters. The summed E-state index contributed by atoms with van der Waals surface area (Å²) in [4.78, 5) is 8.69. The van der Waals surface area contributed by atoms with Gasteiger partial charge in [-0.1, -0.05) is 58.0 Å². The fourth-order valence-electron chi connectivity index (χ4n) is 6.39. The molecule has 0 saturated carbocycles. The van der Waals surface area contributed by atoms with Crippen molar-refractivity contribution in [1.29, 1.82) is 0 Å². The van der Waals surface area contributed by atoms with Gasteiger partial charge in [0.05, 0.1) is 12.4 Å². The number of oxazole rings is 2. The van der Waals surface area contributed by atoms with E-state index in [4.69, 9.17) is 17.7 Å². The summed E-state index contributed by atoms with van der Waals surface area (Å²) in [5.41, 5.74) is 8.23. The molecule has 206 valence electrons. The Balaban J connectivity index is 1.35. The second-order valence-corrected chi connectivity index (χ2v) is 11.7. The van der Waals surface area contributed by atoms with Gasteiger partial charge >= 0.3 is 0 Å². The first-order chi connectivity index (χ1) is 20.4. The van der Waals surface area contributed by atoms with Gasteiger partial charge in [-0.15, -0.1) is 0 Å². The summed E-state index contributed by atoms with van der Waals surface area (Å²) in [6.07, 6.45) is 6.50. The molecule has 4 aromatic carbocycles. The highest BCUT2D eigenvalue weighted by molar-refractivity contribution is 6.11. The van der Waals surface area contributed by atoms with E-state index in [1.165, 1.54) is 11.1 Å². The maximum absolute atomic E-state index is 6.75. The number of fused-ring (bicyclic) bond motifs is 6. The van der Waals surface area contributed by atoms with Crippen LogP contribution in [0.4, 0.5) is 0 Å². The van der Waals surface area contributed by atoms with Crippen LogP contribution in [0, 0.1) is 0 Å². The second kappa shape index (κ2) is 8.95. The van der Waals surface area contributed by atoms with Gasteiger partial charge in [-0.25, -0.2) is 9.97 Å². The minimum absolute atomic E-state index is 0.284. The minimum atomic E-state index is -0.408. The fraction of sp³-hybridized carbons (Fsp3) is 0.167. The lowest BCUT2D eigenvalue weighted by atomic mass is 9.75. The van der Waals surface area contributed by atoms with Crippen LogP contribution in [0.5, 0.6) is 0 Å². The van der Waals surface area contributed by atoms with E-state index in [1.54, 1.807) is 24.9 Å². The van der Waals surface area contributed by atoms with Gasteiger partial charge in [0.25, 0.3) is 0 Å². The van der Waals surface area contributed by atoms with Crippen molar-refractivity contribution < 1.29 is 17.7 Å². The molecule has 0 aliphatic heterocycles. The molecule has 8 aromatic rings. The van der Waals surface area contributed by atoms with E-state index in [9.17, 15) is 0 Å². The summed E-state index contributed by atoms with van der Waals surface area (Å²) >= 11 is 0. The van der Waals surface area contributed by atoms with Crippen LogP contribution < -0.4 is 0 Å². The van der Waals surface area contributed by atoms with Crippen LogP contribution in [0.1, 0.15) is 50.3 Å². The quantitative estimate of drug-likeness (QED) is 0.211. The molecule has 0 aliphatic rings. The molecule has 0 spiro atoms. The Morgan fingerprint density at radius 1 is 0.643 bits per heavy atom. The molecule has 6 heteroatoms. The van der Waals surface area contributed by atoms with Crippen LogP contribution in [0.25, 0.3) is 66.8 Å². The molecular formula is C36H28N2O4. The lowest BCUT2D eigenvalue weighted by Gasteiger charge is -2.27. The first-order valence-corrected chi connectivity index (χ1v) is 14.2. The van der Waals surface area contributed by atoms with Crippen LogP contribution in [-0.4, -0.2) is 9.97 Å². The van der Waals surface area contributed by atoms with E-state index in [2.05, 4.69) is 80.1 Å². The highest BCUT2D eigenvalue weighted by Gasteiger charge is 2.31. The van der Waals surface area contributed by atoms with Gasteiger partial charge in [0.1, 0.15) is 34.9 Å². The van der Waals surface area contributed by atoms with Gasteiger partial charge in [0, 0.05) is 43.7 Å². The zero-order valence-corrected chi connectivity index (χ0v) is 23.8. The Labute approximate surface area is 241 Å². The molecular weight excluding hydrogens is 524 g/mol. The summed E-state index contributed by atoms with van der Waals surface area (Å²) in [6, 6.07) is 23.1. The van der Waals surface area contributed by atoms with Crippen molar-refractivity contribution in [2.45, 2.75) is 39.0 Å². The van der Waals surface area contributed by atoms with E-state index in [0.29, 0.717) is 11.8 Å². The molecule has 0 atom stereocenters. The molecule has 4 aromatic heterocycles. The minimum Gasteiger partial charge on any atom is -0.456 e. The predicted molar refractivity (Wildman–Crippen MR) is 165 cm³/mol. The van der Waals surface area contributed by atoms with Crippen molar-refractivity contribution in [3.05, 3.63) is 108 Å². The molecule has 42 heavy (non-hydrogen) atoms. The van der Waals surface area contributed by atoms with Crippen LogP contribution in [0.2, 0.25) is 0 Å². The molecule has 6 nitrogen and oxygen atoms in total. The number of hydrogen-bond acceptors (Lipinski definition) is 6. The first-order valence-electron chi connectivity index (χ1n) is 14.2.